The number of rotatable bonds is 4. The van der Waals surface area contributed by atoms with Crippen LogP contribution in [0.15, 0.2) is 24.3 Å². The molecule has 0 saturated carbocycles. The molecule has 0 heterocycles. The molecule has 6 heteroatoms. The lowest BCUT2D eigenvalue weighted by molar-refractivity contribution is -0.150. The van der Waals surface area contributed by atoms with Gasteiger partial charge in [-0.3, -0.25) is 4.79 Å². The van der Waals surface area contributed by atoms with Crippen LogP contribution in [0.1, 0.15) is 15.9 Å². The van der Waals surface area contributed by atoms with Crippen molar-refractivity contribution in [1.29, 1.82) is 0 Å². The van der Waals surface area contributed by atoms with E-state index in [0.29, 0.717) is 5.56 Å². The topological polar surface area (TPSA) is 104 Å². The van der Waals surface area contributed by atoms with E-state index in [2.05, 4.69) is 5.92 Å². The largest absolute Gasteiger partial charge is 0.479 e. The van der Waals surface area contributed by atoms with Crippen LogP contribution < -0.4 is 5.32 Å². The summed E-state index contributed by atoms with van der Waals surface area (Å²) in [6, 6.07) is 3.76. The SMILES string of the molecule is C#Cc1ccc(C(=O)NC(C(=O)O)C(=O)O)cc1. The molecule has 1 amide bonds. The van der Waals surface area contributed by atoms with Crippen molar-refractivity contribution in [2.45, 2.75) is 6.04 Å². The molecule has 0 aromatic heterocycles. The van der Waals surface area contributed by atoms with Gasteiger partial charge in [0, 0.05) is 11.1 Å². The normalized spacial score (nSPS) is 9.56. The Labute approximate surface area is 102 Å². The fourth-order valence-corrected chi connectivity index (χ4v) is 1.16. The second kappa shape index (κ2) is 5.50. The van der Waals surface area contributed by atoms with Gasteiger partial charge in [0.1, 0.15) is 0 Å². The van der Waals surface area contributed by atoms with Crippen LogP contribution in [-0.4, -0.2) is 34.1 Å². The summed E-state index contributed by atoms with van der Waals surface area (Å²) in [6.45, 7) is 0. The number of hydrogen-bond donors (Lipinski definition) is 3. The standard InChI is InChI=1S/C12H9NO5/c1-2-7-3-5-8(6-4-7)10(14)13-9(11(15)16)12(17)18/h1,3-6,9H,(H,13,14)(H,15,16)(H,17,18). The Balaban J connectivity index is 2.84. The minimum atomic E-state index is -1.98. The number of carbonyl (C=O) groups excluding carboxylic acids is 1. The van der Waals surface area contributed by atoms with Crippen molar-refractivity contribution < 1.29 is 24.6 Å². The average Bonchev–Trinajstić information content (AvgIpc) is 2.35. The minimum absolute atomic E-state index is 0.126. The molecule has 18 heavy (non-hydrogen) atoms. The zero-order chi connectivity index (χ0) is 13.7. The zero-order valence-corrected chi connectivity index (χ0v) is 9.08. The molecule has 92 valence electrons. The summed E-state index contributed by atoms with van der Waals surface area (Å²) in [6.07, 6.45) is 5.13. The fraction of sp³-hybridized carbons (Fsp3) is 0.0833. The maximum Gasteiger partial charge on any atom is 0.338 e. The van der Waals surface area contributed by atoms with Crippen LogP contribution in [0, 0.1) is 12.3 Å². The highest BCUT2D eigenvalue weighted by Crippen LogP contribution is 2.03. The number of benzene rings is 1. The number of nitrogens with one attached hydrogen (secondary N) is 1. The first kappa shape index (κ1) is 13.3. The molecule has 0 saturated heterocycles. The first-order valence-corrected chi connectivity index (χ1v) is 4.79. The van der Waals surface area contributed by atoms with Crippen LogP contribution in [0.4, 0.5) is 0 Å². The average molecular weight is 247 g/mol. The molecule has 0 aliphatic rings. The highest BCUT2D eigenvalue weighted by molar-refractivity contribution is 6.04. The van der Waals surface area contributed by atoms with Crippen molar-refractivity contribution >= 4 is 17.8 Å². The van der Waals surface area contributed by atoms with Crippen LogP contribution in [0.5, 0.6) is 0 Å². The van der Waals surface area contributed by atoms with Crippen molar-refractivity contribution in [3.63, 3.8) is 0 Å². The molecule has 3 N–H and O–H groups in total. The third-order valence-corrected chi connectivity index (χ3v) is 2.08. The molecule has 6 nitrogen and oxygen atoms in total. The monoisotopic (exact) mass is 247 g/mol. The molecule has 0 bridgehead atoms. The number of hydrogen-bond acceptors (Lipinski definition) is 3. The van der Waals surface area contributed by atoms with Crippen molar-refractivity contribution in [3.8, 4) is 12.3 Å². The molecule has 0 aliphatic heterocycles. The number of amides is 1. The maximum atomic E-state index is 11.6. The highest BCUT2D eigenvalue weighted by Gasteiger charge is 2.27. The first-order valence-electron chi connectivity index (χ1n) is 4.79. The van der Waals surface area contributed by atoms with Gasteiger partial charge in [-0.1, -0.05) is 5.92 Å². The van der Waals surface area contributed by atoms with Crippen LogP contribution in [0.3, 0.4) is 0 Å². The Hall–Kier alpha value is -2.81. The van der Waals surface area contributed by atoms with Gasteiger partial charge in [0.15, 0.2) is 0 Å². The lowest BCUT2D eigenvalue weighted by atomic mass is 10.1. The molecule has 0 radical (unpaired) electrons. The predicted molar refractivity (Wildman–Crippen MR) is 60.9 cm³/mol. The quantitative estimate of drug-likeness (QED) is 0.510. The third kappa shape index (κ3) is 3.09. The Bertz CT molecular complexity index is 512. The van der Waals surface area contributed by atoms with Gasteiger partial charge in [-0.2, -0.15) is 0 Å². The van der Waals surface area contributed by atoms with E-state index in [1.807, 2.05) is 5.32 Å². The highest BCUT2D eigenvalue weighted by atomic mass is 16.4. The van der Waals surface area contributed by atoms with Gasteiger partial charge in [0.25, 0.3) is 5.91 Å². The molecule has 1 aromatic carbocycles. The third-order valence-electron chi connectivity index (χ3n) is 2.08. The lowest BCUT2D eigenvalue weighted by Crippen LogP contribution is -2.46. The van der Waals surface area contributed by atoms with E-state index in [9.17, 15) is 14.4 Å². The molecule has 0 atom stereocenters. The second-order valence-corrected chi connectivity index (χ2v) is 3.30. The summed E-state index contributed by atoms with van der Waals surface area (Å²) >= 11 is 0. The maximum absolute atomic E-state index is 11.6. The minimum Gasteiger partial charge on any atom is -0.479 e. The van der Waals surface area contributed by atoms with Crippen molar-refractivity contribution in [1.82, 2.24) is 5.32 Å². The molecular weight excluding hydrogens is 238 g/mol. The summed E-state index contributed by atoms with van der Waals surface area (Å²) in [5, 5.41) is 19.1. The Morgan fingerprint density at radius 2 is 1.61 bits per heavy atom. The molecule has 0 unspecified atom stereocenters. The van der Waals surface area contributed by atoms with Crippen LogP contribution in [0.2, 0.25) is 0 Å². The summed E-state index contributed by atoms with van der Waals surface area (Å²) in [4.78, 5) is 32.7. The van der Waals surface area contributed by atoms with E-state index in [4.69, 9.17) is 16.6 Å². The van der Waals surface area contributed by atoms with E-state index < -0.39 is 23.9 Å². The van der Waals surface area contributed by atoms with Crippen LogP contribution in [0.25, 0.3) is 0 Å². The van der Waals surface area contributed by atoms with Gasteiger partial charge in [0.05, 0.1) is 0 Å². The second-order valence-electron chi connectivity index (χ2n) is 3.30. The number of terminal acetylenes is 1. The number of aliphatic carboxylic acids is 2. The van der Waals surface area contributed by atoms with Gasteiger partial charge < -0.3 is 15.5 Å². The molecular formula is C12H9NO5. The van der Waals surface area contributed by atoms with Crippen molar-refractivity contribution in [2.24, 2.45) is 0 Å². The number of carbonyl (C=O) groups is 3. The Morgan fingerprint density at radius 1 is 1.11 bits per heavy atom. The van der Waals surface area contributed by atoms with Gasteiger partial charge in [-0.15, -0.1) is 6.42 Å². The molecule has 1 rings (SSSR count). The zero-order valence-electron chi connectivity index (χ0n) is 9.08. The summed E-state index contributed by atoms with van der Waals surface area (Å²) in [5.41, 5.74) is 0.682. The molecule has 0 fully saturated rings. The lowest BCUT2D eigenvalue weighted by Gasteiger charge is -2.09. The fourth-order valence-electron chi connectivity index (χ4n) is 1.16. The summed E-state index contributed by atoms with van der Waals surface area (Å²) < 4.78 is 0. The first-order chi connectivity index (χ1) is 8.45. The van der Waals surface area contributed by atoms with Gasteiger partial charge in [-0.25, -0.2) is 9.59 Å². The Kier molecular flexibility index (Phi) is 4.05. The number of carboxylic acids is 2. The van der Waals surface area contributed by atoms with E-state index in [1.54, 1.807) is 0 Å². The van der Waals surface area contributed by atoms with E-state index in [1.165, 1.54) is 24.3 Å². The van der Waals surface area contributed by atoms with Crippen molar-refractivity contribution in [3.05, 3.63) is 35.4 Å². The Morgan fingerprint density at radius 3 is 2.00 bits per heavy atom. The summed E-state index contributed by atoms with van der Waals surface area (Å²) in [5.74, 6) is -1.73. The molecule has 1 aromatic rings. The van der Waals surface area contributed by atoms with E-state index in [-0.39, 0.29) is 5.56 Å². The van der Waals surface area contributed by atoms with Crippen molar-refractivity contribution in [2.75, 3.05) is 0 Å². The molecule has 0 spiro atoms. The molecule has 0 aliphatic carbocycles. The predicted octanol–water partition coefficient (Wildman–Crippen LogP) is -0.0645. The summed E-state index contributed by atoms with van der Waals surface area (Å²) in [7, 11) is 0. The van der Waals surface area contributed by atoms with Gasteiger partial charge in [0.2, 0.25) is 6.04 Å². The van der Waals surface area contributed by atoms with Gasteiger partial charge >= 0.3 is 11.9 Å². The van der Waals surface area contributed by atoms with Gasteiger partial charge in [-0.05, 0) is 24.3 Å². The van der Waals surface area contributed by atoms with Crippen LogP contribution in [-0.2, 0) is 9.59 Å². The van der Waals surface area contributed by atoms with E-state index >= 15 is 0 Å². The van der Waals surface area contributed by atoms with E-state index in [0.717, 1.165) is 0 Å². The van der Waals surface area contributed by atoms with Crippen LogP contribution >= 0.6 is 0 Å². The number of carboxylic acid groups (broad SMARTS) is 2. The smallest absolute Gasteiger partial charge is 0.338 e.